The van der Waals surface area contributed by atoms with Gasteiger partial charge in [0.05, 0.1) is 24.8 Å². The van der Waals surface area contributed by atoms with Crippen molar-refractivity contribution in [2.24, 2.45) is 0 Å². The van der Waals surface area contributed by atoms with Crippen molar-refractivity contribution in [1.29, 1.82) is 0 Å². The van der Waals surface area contributed by atoms with E-state index in [2.05, 4.69) is 27.1 Å². The van der Waals surface area contributed by atoms with Gasteiger partial charge < -0.3 is 33.9 Å². The summed E-state index contributed by atoms with van der Waals surface area (Å²) in [6, 6.07) is 22.2. The number of hydrogen-bond acceptors (Lipinski definition) is 10. The predicted molar refractivity (Wildman–Crippen MR) is 245 cm³/mol. The molecule has 14 nitrogen and oxygen atoms in total. The molecule has 0 saturated heterocycles. The number of aromatic nitrogens is 6. The van der Waals surface area contributed by atoms with Gasteiger partial charge in [0, 0.05) is 30.4 Å². The monoisotopic (exact) mass is 926 g/mol. The minimum Gasteiger partial charge on any atom is -1.00 e. The van der Waals surface area contributed by atoms with Crippen LogP contribution in [-0.2, 0) is 22.6 Å². The molecule has 4 heterocycles. The van der Waals surface area contributed by atoms with Crippen molar-refractivity contribution in [3.63, 3.8) is 0 Å². The summed E-state index contributed by atoms with van der Waals surface area (Å²) < 4.78 is 40.7. The molecule has 18 heteroatoms. The molecule has 0 fully saturated rings. The van der Waals surface area contributed by atoms with Crippen molar-refractivity contribution >= 4 is 53.2 Å². The Balaban J connectivity index is 0.000000600. The van der Waals surface area contributed by atoms with Gasteiger partial charge in [-0.15, -0.1) is 10.2 Å². The fourth-order valence-corrected chi connectivity index (χ4v) is 5.56. The first-order valence-electron chi connectivity index (χ1n) is 19.8. The fourth-order valence-electron chi connectivity index (χ4n) is 5.56. The molecule has 6 rings (SSSR count). The Bertz CT molecular complexity index is 2360. The van der Waals surface area contributed by atoms with Gasteiger partial charge in [0.25, 0.3) is 0 Å². The second-order valence-corrected chi connectivity index (χ2v) is 15.5. The number of pyridine rings is 2. The number of amides is 2. The summed E-state index contributed by atoms with van der Waals surface area (Å²) in [7, 11) is 0. The van der Waals surface area contributed by atoms with E-state index in [4.69, 9.17) is 9.47 Å². The van der Waals surface area contributed by atoms with Crippen LogP contribution in [0.2, 0.25) is 0 Å². The van der Waals surface area contributed by atoms with Gasteiger partial charge in [-0.05, 0) is 108 Å². The van der Waals surface area contributed by atoms with Gasteiger partial charge in [-0.3, -0.25) is 14.6 Å². The number of rotatable bonds is 11. The summed E-state index contributed by atoms with van der Waals surface area (Å²) in [4.78, 5) is 48.8. The van der Waals surface area contributed by atoms with Crippen molar-refractivity contribution in [2.45, 2.75) is 99.6 Å². The third-order valence-electron chi connectivity index (χ3n) is 8.33. The summed E-state index contributed by atoms with van der Waals surface area (Å²) in [6.07, 6.45) is 5.30. The van der Waals surface area contributed by atoms with Gasteiger partial charge in [0.1, 0.15) is 22.8 Å². The van der Waals surface area contributed by atoms with Crippen LogP contribution >= 0.6 is 0 Å². The Labute approximate surface area is 402 Å². The first kappa shape index (κ1) is 57.3. The minimum atomic E-state index is -0.842. The van der Waals surface area contributed by atoms with Crippen LogP contribution in [0.3, 0.4) is 0 Å². The second-order valence-electron chi connectivity index (χ2n) is 15.5. The van der Waals surface area contributed by atoms with Crippen LogP contribution in [0.25, 0.3) is 11.6 Å². The van der Waals surface area contributed by atoms with Crippen LogP contribution in [-0.4, -0.2) is 87.4 Å². The number of benzene rings is 2. The molecule has 1 N–H and O–H groups in total. The standard InChI is InChI=1S/C23H27FN4O3.C21H21FN4O3.C2H5.CH4.ClH.Mg/c1-5-19(29)18-15-28(20-8-6-7-13-25-20)26-21(18)27(22(30)31-23(2,3)4)14-16-9-11-17(24)12-10-16;1-21(2,3)29-20(28)25(12-15-7-9-17(22)10-8-15)19-16(14-27)13-26(24-19)18-6-4-5-11-23-18;1-2;;;/h6-13,15,19,29H,5,14H2,1-4H3;4-11,13-14H,12H2,1-3H3;1H2,2H3;1H4;1H;/q;;-1;;;+2/p-1. The Kier molecular flexibility index (Phi) is 23.1. The van der Waals surface area contributed by atoms with E-state index in [1.54, 1.807) is 122 Å². The van der Waals surface area contributed by atoms with Crippen molar-refractivity contribution in [1.82, 2.24) is 29.5 Å². The summed E-state index contributed by atoms with van der Waals surface area (Å²) in [5.74, 6) is 0.680. The number of nitrogens with zero attached hydrogens (tertiary/aromatic N) is 8. The second kappa shape index (κ2) is 26.3. The van der Waals surface area contributed by atoms with E-state index < -0.39 is 29.5 Å². The van der Waals surface area contributed by atoms with Crippen molar-refractivity contribution in [3.8, 4) is 11.6 Å². The topological polar surface area (TPSA) is 158 Å². The summed E-state index contributed by atoms with van der Waals surface area (Å²) >= 11 is 0. The molecule has 0 spiro atoms. The number of aliphatic hydroxyl groups is 1. The van der Waals surface area contributed by atoms with Crippen LogP contribution in [0.15, 0.2) is 110 Å². The van der Waals surface area contributed by atoms with E-state index in [9.17, 15) is 28.3 Å². The van der Waals surface area contributed by atoms with Gasteiger partial charge in [-0.25, -0.2) is 37.7 Å². The summed E-state index contributed by atoms with van der Waals surface area (Å²) in [6.45, 7) is 17.5. The molecule has 0 aliphatic carbocycles. The third-order valence-corrected chi connectivity index (χ3v) is 8.33. The van der Waals surface area contributed by atoms with Crippen LogP contribution in [0, 0.1) is 18.6 Å². The number of halogens is 3. The van der Waals surface area contributed by atoms with Crippen molar-refractivity contribution in [2.75, 3.05) is 9.80 Å². The van der Waals surface area contributed by atoms with E-state index in [1.807, 2.05) is 13.0 Å². The number of aliphatic hydroxyl groups excluding tert-OH is 1. The number of carbonyl (C=O) groups is 3. The van der Waals surface area contributed by atoms with Gasteiger partial charge in [0.2, 0.25) is 0 Å². The SMILES string of the molecule is C.CC(C)(C)OC(=O)N(Cc1ccc(F)cc1)c1nn(-c2ccccn2)cc1C=O.CCC(O)c1cn(-c2ccccn2)nc1N(Cc1ccc(F)cc1)C(=O)OC(C)(C)C.[CH2-]C.[Cl-].[Mg+2]. The van der Waals surface area contributed by atoms with Gasteiger partial charge >= 0.3 is 35.2 Å². The van der Waals surface area contributed by atoms with Gasteiger partial charge in [0.15, 0.2) is 29.6 Å². The summed E-state index contributed by atoms with van der Waals surface area (Å²) in [5.41, 5.74) is 0.539. The Morgan fingerprint density at radius 2 is 1.12 bits per heavy atom. The average molecular weight is 928 g/mol. The molecule has 65 heavy (non-hydrogen) atoms. The number of anilines is 2. The average Bonchev–Trinajstić information content (AvgIpc) is 3.89. The molecular formula is C47H57ClF2MgN8O6. The molecular weight excluding hydrogens is 870 g/mol. The molecule has 1 atom stereocenters. The summed E-state index contributed by atoms with van der Waals surface area (Å²) in [5, 5.41) is 19.6. The Morgan fingerprint density at radius 3 is 1.49 bits per heavy atom. The number of aldehydes is 1. The molecule has 2 aromatic carbocycles. The molecule has 4 aromatic heterocycles. The molecule has 0 aliphatic rings. The van der Waals surface area contributed by atoms with E-state index in [0.717, 1.165) is 0 Å². The van der Waals surface area contributed by atoms with E-state index in [0.29, 0.717) is 41.0 Å². The molecule has 6 aromatic rings. The molecule has 1 unspecified atom stereocenters. The Hall–Kier alpha value is -5.75. The van der Waals surface area contributed by atoms with Crippen LogP contribution < -0.4 is 22.2 Å². The number of hydrogen-bond donors (Lipinski definition) is 1. The quantitative estimate of drug-likeness (QED) is 0.0812. The van der Waals surface area contributed by atoms with Crippen LogP contribution in [0.1, 0.15) is 102 Å². The normalized spacial score (nSPS) is 11.0. The molecule has 0 radical (unpaired) electrons. The zero-order chi connectivity index (χ0) is 45.6. The van der Waals surface area contributed by atoms with E-state index in [-0.39, 0.29) is 84.8 Å². The first-order valence-corrected chi connectivity index (χ1v) is 19.8. The van der Waals surface area contributed by atoms with Gasteiger partial charge in [-0.2, -0.15) is 6.92 Å². The smallest absolute Gasteiger partial charge is 1.00 e. The molecule has 0 aliphatic heterocycles. The first-order chi connectivity index (χ1) is 29.4. The van der Waals surface area contributed by atoms with Crippen molar-refractivity contribution < 1.29 is 50.2 Å². The zero-order valence-corrected chi connectivity index (χ0v) is 39.5. The van der Waals surface area contributed by atoms with Gasteiger partial charge in [-0.1, -0.05) is 50.7 Å². The largest absolute Gasteiger partial charge is 2.00 e. The van der Waals surface area contributed by atoms with E-state index >= 15 is 0 Å². The van der Waals surface area contributed by atoms with Crippen LogP contribution in [0.5, 0.6) is 0 Å². The third kappa shape index (κ3) is 17.0. The maximum absolute atomic E-state index is 13.4. The molecule has 344 valence electrons. The number of ether oxygens (including phenoxy) is 2. The molecule has 0 bridgehead atoms. The Morgan fingerprint density at radius 1 is 0.723 bits per heavy atom. The van der Waals surface area contributed by atoms with E-state index in [1.165, 1.54) is 49.6 Å². The minimum absolute atomic E-state index is 0. The maximum atomic E-state index is 13.4. The fraction of sp³-hybridized carbons (Fsp3) is 0.319. The molecule has 0 saturated carbocycles. The zero-order valence-electron chi connectivity index (χ0n) is 37.3. The van der Waals surface area contributed by atoms with Crippen molar-refractivity contribution in [3.05, 3.63) is 151 Å². The maximum Gasteiger partial charge on any atom is 2.00 e. The molecule has 2 amide bonds. The predicted octanol–water partition coefficient (Wildman–Crippen LogP) is 7.05. The van der Waals surface area contributed by atoms with Crippen LogP contribution in [0.4, 0.5) is 30.0 Å². The number of carbonyl (C=O) groups excluding carboxylic acids is 3.